The molecule has 0 fully saturated rings. The van der Waals surface area contributed by atoms with Gasteiger partial charge >= 0.3 is 0 Å². The van der Waals surface area contributed by atoms with Gasteiger partial charge in [0.1, 0.15) is 12.3 Å². The first-order valence-electron chi connectivity index (χ1n) is 11.3. The number of benzene rings is 3. The molecule has 0 spiro atoms. The molecule has 0 unspecified atom stereocenters. The van der Waals surface area contributed by atoms with E-state index in [1.165, 1.54) is 44.5 Å². The number of hydrazone groups is 1. The molecule has 0 saturated heterocycles. The molecular weight excluding hydrogens is 574 g/mol. The second-order valence-electron chi connectivity index (χ2n) is 8.31. The maximum atomic E-state index is 13.6. The van der Waals surface area contributed by atoms with Crippen molar-refractivity contribution >= 4 is 61.0 Å². The molecule has 0 bridgehead atoms. The van der Waals surface area contributed by atoms with Crippen molar-refractivity contribution in [1.82, 2.24) is 5.43 Å². The summed E-state index contributed by atoms with van der Waals surface area (Å²) >= 11 is 3.50. The number of methoxy groups -OCH3 is 1. The van der Waals surface area contributed by atoms with Gasteiger partial charge in [0.05, 0.1) is 29.6 Å². The molecule has 0 aliphatic heterocycles. The number of hydrogen-bond donors (Lipinski definition) is 2. The van der Waals surface area contributed by atoms with E-state index < -0.39 is 22.5 Å². The molecule has 0 heterocycles. The fourth-order valence-electron chi connectivity index (χ4n) is 3.41. The molecule has 0 aliphatic rings. The highest BCUT2D eigenvalue weighted by molar-refractivity contribution is 9.10. The van der Waals surface area contributed by atoms with Crippen molar-refractivity contribution in [1.29, 1.82) is 0 Å². The Labute approximate surface area is 230 Å². The summed E-state index contributed by atoms with van der Waals surface area (Å²) in [6, 6.07) is 17.6. The van der Waals surface area contributed by atoms with Crippen LogP contribution in [-0.2, 0) is 19.6 Å². The number of hydrogen-bond acceptors (Lipinski definition) is 7. The minimum absolute atomic E-state index is 0.0513. The highest BCUT2D eigenvalue weighted by Crippen LogP contribution is 2.27. The third kappa shape index (κ3) is 7.33. The second kappa shape index (κ2) is 12.6. The van der Waals surface area contributed by atoms with Crippen molar-refractivity contribution in [3.05, 3.63) is 76.8 Å². The van der Waals surface area contributed by atoms with Gasteiger partial charge in [-0.25, -0.2) is 13.8 Å². The number of ether oxygens (including phenoxy) is 1. The highest BCUT2D eigenvalue weighted by atomic mass is 79.9. The van der Waals surface area contributed by atoms with Crippen LogP contribution in [0.25, 0.3) is 0 Å². The van der Waals surface area contributed by atoms with Crippen molar-refractivity contribution in [3.8, 4) is 5.75 Å². The zero-order valence-corrected chi connectivity index (χ0v) is 23.7. The smallest absolute Gasteiger partial charge is 0.264 e. The third-order valence-electron chi connectivity index (χ3n) is 5.27. The molecule has 3 rings (SSSR count). The molecule has 0 saturated carbocycles. The predicted molar refractivity (Wildman–Crippen MR) is 152 cm³/mol. The summed E-state index contributed by atoms with van der Waals surface area (Å²) in [5.74, 6) is -0.385. The van der Waals surface area contributed by atoms with E-state index in [9.17, 15) is 18.0 Å². The van der Waals surface area contributed by atoms with Gasteiger partial charge in [0, 0.05) is 31.2 Å². The number of nitrogens with one attached hydrogen (secondary N) is 2. The molecule has 0 atom stereocenters. The Bertz CT molecular complexity index is 1430. The summed E-state index contributed by atoms with van der Waals surface area (Å²) < 4.78 is 34.1. The Morgan fingerprint density at radius 1 is 1.03 bits per heavy atom. The summed E-state index contributed by atoms with van der Waals surface area (Å²) in [6.07, 6.45) is 1.47. The van der Waals surface area contributed by atoms with E-state index in [0.29, 0.717) is 11.4 Å². The zero-order chi connectivity index (χ0) is 27.9. The van der Waals surface area contributed by atoms with Crippen molar-refractivity contribution < 1.29 is 22.7 Å². The van der Waals surface area contributed by atoms with Gasteiger partial charge in [0.25, 0.3) is 15.9 Å². The minimum atomic E-state index is -4.15. The van der Waals surface area contributed by atoms with E-state index in [1.54, 1.807) is 24.3 Å². The summed E-state index contributed by atoms with van der Waals surface area (Å²) in [5.41, 5.74) is 4.82. The average molecular weight is 603 g/mol. The van der Waals surface area contributed by atoms with Crippen LogP contribution in [0.2, 0.25) is 0 Å². The molecule has 2 amide bonds. The van der Waals surface area contributed by atoms with Crippen LogP contribution in [0.3, 0.4) is 0 Å². The lowest BCUT2D eigenvalue weighted by atomic mass is 10.2. The number of amides is 2. The van der Waals surface area contributed by atoms with Crippen LogP contribution in [0.5, 0.6) is 5.75 Å². The fourth-order valence-corrected chi connectivity index (χ4v) is 5.59. The Hall–Kier alpha value is -3.90. The Kier molecular flexibility index (Phi) is 9.48. The van der Waals surface area contributed by atoms with E-state index in [4.69, 9.17) is 4.74 Å². The molecule has 38 heavy (non-hydrogen) atoms. The molecule has 0 aliphatic carbocycles. The summed E-state index contributed by atoms with van der Waals surface area (Å²) in [6.45, 7) is 0.831. The van der Waals surface area contributed by atoms with E-state index in [-0.39, 0.29) is 16.5 Å². The van der Waals surface area contributed by atoms with Gasteiger partial charge in [-0.3, -0.25) is 13.9 Å². The van der Waals surface area contributed by atoms with Gasteiger partial charge in [-0.2, -0.15) is 5.10 Å². The number of carbonyl (C=O) groups excluding carboxylic acids is 2. The monoisotopic (exact) mass is 601 g/mol. The first kappa shape index (κ1) is 28.7. The average Bonchev–Trinajstić information content (AvgIpc) is 2.87. The lowest BCUT2D eigenvalue weighted by Crippen LogP contribution is -2.39. The van der Waals surface area contributed by atoms with Crippen LogP contribution in [-0.4, -0.2) is 54.2 Å². The van der Waals surface area contributed by atoms with Gasteiger partial charge in [-0.05, 0) is 82.2 Å². The van der Waals surface area contributed by atoms with Gasteiger partial charge in [0.2, 0.25) is 5.91 Å². The molecule has 12 heteroatoms. The molecule has 0 radical (unpaired) electrons. The van der Waals surface area contributed by atoms with Crippen LogP contribution < -0.4 is 24.7 Å². The SMILES string of the molecule is COc1ccc(N(CC(=O)N/N=C\c2ccc(N(C)C)c(Br)c2)S(=O)(=O)c2ccc(NC(C)=O)cc2)cc1. The van der Waals surface area contributed by atoms with Crippen LogP contribution in [0.15, 0.2) is 81.2 Å². The van der Waals surface area contributed by atoms with Gasteiger partial charge in [-0.15, -0.1) is 0 Å². The third-order valence-corrected chi connectivity index (χ3v) is 7.69. The van der Waals surface area contributed by atoms with Crippen molar-refractivity contribution in [2.75, 3.05) is 42.3 Å². The van der Waals surface area contributed by atoms with Gasteiger partial charge in [0.15, 0.2) is 0 Å². The topological polar surface area (TPSA) is 120 Å². The molecule has 0 aromatic heterocycles. The first-order valence-corrected chi connectivity index (χ1v) is 13.6. The van der Waals surface area contributed by atoms with E-state index >= 15 is 0 Å². The van der Waals surface area contributed by atoms with Crippen LogP contribution in [0.4, 0.5) is 17.1 Å². The maximum Gasteiger partial charge on any atom is 0.264 e. The minimum Gasteiger partial charge on any atom is -0.497 e. The van der Waals surface area contributed by atoms with Crippen molar-refractivity contribution in [2.45, 2.75) is 11.8 Å². The fraction of sp³-hybridized carbons (Fsp3) is 0.192. The van der Waals surface area contributed by atoms with E-state index in [1.807, 2.05) is 37.2 Å². The Morgan fingerprint density at radius 2 is 1.68 bits per heavy atom. The van der Waals surface area contributed by atoms with Crippen LogP contribution in [0, 0.1) is 0 Å². The predicted octanol–water partition coefficient (Wildman–Crippen LogP) is 3.83. The number of nitrogens with zero attached hydrogens (tertiary/aromatic N) is 3. The molecule has 2 N–H and O–H groups in total. The molecule has 200 valence electrons. The largest absolute Gasteiger partial charge is 0.497 e. The first-order chi connectivity index (χ1) is 18.0. The number of anilines is 3. The van der Waals surface area contributed by atoms with Gasteiger partial charge < -0.3 is 15.0 Å². The maximum absolute atomic E-state index is 13.6. The molecule has 10 nitrogen and oxygen atoms in total. The normalized spacial score (nSPS) is 11.2. The number of rotatable bonds is 10. The number of sulfonamides is 1. The van der Waals surface area contributed by atoms with Crippen LogP contribution >= 0.6 is 15.9 Å². The van der Waals surface area contributed by atoms with Crippen LogP contribution in [0.1, 0.15) is 12.5 Å². The Morgan fingerprint density at radius 3 is 2.24 bits per heavy atom. The summed E-state index contributed by atoms with van der Waals surface area (Å²) in [7, 11) is 1.19. The quantitative estimate of drug-likeness (QED) is 0.269. The molecule has 3 aromatic carbocycles. The second-order valence-corrected chi connectivity index (χ2v) is 11.0. The zero-order valence-electron chi connectivity index (χ0n) is 21.3. The molecular formula is C26H28BrN5O5S. The highest BCUT2D eigenvalue weighted by Gasteiger charge is 2.27. The van der Waals surface area contributed by atoms with Gasteiger partial charge in [-0.1, -0.05) is 6.07 Å². The lowest BCUT2D eigenvalue weighted by Gasteiger charge is -2.24. The Balaban J connectivity index is 1.83. The molecule has 3 aromatic rings. The van der Waals surface area contributed by atoms with E-state index in [0.717, 1.165) is 20.0 Å². The lowest BCUT2D eigenvalue weighted by molar-refractivity contribution is -0.119. The standard InChI is InChI=1S/C26H28BrN5O5S/c1-18(33)29-20-6-12-23(13-7-20)38(35,36)32(21-8-10-22(37-4)11-9-21)17-26(34)30-28-16-19-5-14-25(31(2)3)24(27)15-19/h5-16H,17H2,1-4H3,(H,29,33)(H,30,34)/b28-16-. The number of carbonyl (C=O) groups is 2. The van der Waals surface area contributed by atoms with Crippen molar-refractivity contribution in [2.24, 2.45) is 5.10 Å². The summed E-state index contributed by atoms with van der Waals surface area (Å²) in [4.78, 5) is 26.0. The van der Waals surface area contributed by atoms with Crippen molar-refractivity contribution in [3.63, 3.8) is 0 Å². The summed E-state index contributed by atoms with van der Waals surface area (Å²) in [5, 5.41) is 6.58. The van der Waals surface area contributed by atoms with E-state index in [2.05, 4.69) is 31.8 Å². The number of halogens is 1.